The minimum absolute atomic E-state index is 0.149. The average Bonchev–Trinajstić information content (AvgIpc) is 3.23. The number of hydrogen-bond donors (Lipinski definition) is 2. The summed E-state index contributed by atoms with van der Waals surface area (Å²) >= 11 is 1.72. The van der Waals surface area contributed by atoms with E-state index in [1.165, 1.54) is 17.7 Å². The molecule has 2 aromatic heterocycles. The number of likely N-dealkylation sites (tertiary alicyclic amines) is 1. The van der Waals surface area contributed by atoms with E-state index in [4.69, 9.17) is 0 Å². The summed E-state index contributed by atoms with van der Waals surface area (Å²) < 4.78 is 0. The van der Waals surface area contributed by atoms with Crippen LogP contribution in [0.25, 0.3) is 10.9 Å². The van der Waals surface area contributed by atoms with E-state index in [0.717, 1.165) is 29.9 Å². The molecule has 3 heterocycles. The van der Waals surface area contributed by atoms with Crippen LogP contribution in [0.15, 0.2) is 52.6 Å². The van der Waals surface area contributed by atoms with Gasteiger partial charge in [0, 0.05) is 16.9 Å². The highest BCUT2D eigenvalue weighted by molar-refractivity contribution is 7.10. The fraction of sp³-hybridized carbons (Fsp3) is 0.364. The van der Waals surface area contributed by atoms with Crippen molar-refractivity contribution in [2.24, 2.45) is 5.92 Å². The smallest absolute Gasteiger partial charge is 0.261 e. The lowest BCUT2D eigenvalue weighted by molar-refractivity contribution is 0.0913. The number of para-hydroxylation sites is 1. The van der Waals surface area contributed by atoms with Gasteiger partial charge < -0.3 is 10.3 Å². The molecule has 0 saturated carbocycles. The number of aromatic amines is 1. The summed E-state index contributed by atoms with van der Waals surface area (Å²) in [6.07, 6.45) is 2.36. The second-order valence-corrected chi connectivity index (χ2v) is 8.54. The Hall–Kier alpha value is -2.44. The molecule has 1 aliphatic heterocycles. The molecule has 1 amide bonds. The van der Waals surface area contributed by atoms with Crippen molar-refractivity contribution in [3.05, 3.63) is 68.6 Å². The molecule has 1 unspecified atom stereocenters. The summed E-state index contributed by atoms with van der Waals surface area (Å²) in [5, 5.41) is 5.94. The number of thiophene rings is 1. The quantitative estimate of drug-likeness (QED) is 0.691. The van der Waals surface area contributed by atoms with Gasteiger partial charge in [0.2, 0.25) is 0 Å². The lowest BCUT2D eigenvalue weighted by Gasteiger charge is -2.36. The van der Waals surface area contributed by atoms with E-state index in [1.807, 2.05) is 24.3 Å². The first kappa shape index (κ1) is 18.9. The normalized spacial score (nSPS) is 16.9. The number of piperidine rings is 1. The first-order chi connectivity index (χ1) is 13.6. The molecule has 3 aromatic rings. The van der Waals surface area contributed by atoms with Gasteiger partial charge in [0.25, 0.3) is 11.5 Å². The zero-order valence-electron chi connectivity index (χ0n) is 16.0. The molecule has 1 fully saturated rings. The predicted molar refractivity (Wildman–Crippen MR) is 114 cm³/mol. The molecule has 0 radical (unpaired) electrons. The van der Waals surface area contributed by atoms with Gasteiger partial charge in [-0.3, -0.25) is 14.5 Å². The molecule has 1 saturated heterocycles. The van der Waals surface area contributed by atoms with Crippen molar-refractivity contribution in [2.75, 3.05) is 19.6 Å². The Labute approximate surface area is 168 Å². The zero-order chi connectivity index (χ0) is 19.5. The number of aromatic nitrogens is 1. The van der Waals surface area contributed by atoms with E-state index < -0.39 is 0 Å². The summed E-state index contributed by atoms with van der Waals surface area (Å²) in [4.78, 5) is 31.6. The van der Waals surface area contributed by atoms with Crippen molar-refractivity contribution >= 4 is 28.1 Å². The maximum Gasteiger partial charge on any atom is 0.261 e. The van der Waals surface area contributed by atoms with Crippen molar-refractivity contribution in [2.45, 2.75) is 25.8 Å². The standard InChI is InChI=1S/C22H25N3O2S/c1-15-8-10-25(11-9-15)19(20-7-4-12-28-20)14-23-21(26)17-13-16-5-2-3-6-18(16)24-22(17)27/h2-7,12-13,15,19H,8-11,14H2,1H3,(H,23,26)(H,24,27). The van der Waals surface area contributed by atoms with Crippen LogP contribution in [0.4, 0.5) is 0 Å². The SMILES string of the molecule is CC1CCN(C(CNC(=O)c2cc3ccccc3[nH]c2=O)c2cccs2)CC1. The van der Waals surface area contributed by atoms with Crippen LogP contribution in [0.1, 0.15) is 41.0 Å². The third-order valence-corrected chi connectivity index (χ3v) is 6.56. The number of hydrogen-bond acceptors (Lipinski definition) is 4. The van der Waals surface area contributed by atoms with Gasteiger partial charge in [-0.1, -0.05) is 31.2 Å². The van der Waals surface area contributed by atoms with Gasteiger partial charge in [0.1, 0.15) is 5.56 Å². The molecule has 5 nitrogen and oxygen atoms in total. The fourth-order valence-corrected chi connectivity index (χ4v) is 4.69. The van der Waals surface area contributed by atoms with E-state index >= 15 is 0 Å². The number of rotatable bonds is 5. The van der Waals surface area contributed by atoms with Gasteiger partial charge >= 0.3 is 0 Å². The van der Waals surface area contributed by atoms with E-state index in [2.05, 4.69) is 39.6 Å². The number of pyridine rings is 1. The molecule has 1 aliphatic rings. The maximum atomic E-state index is 12.8. The Bertz CT molecular complexity index is 1000. The lowest BCUT2D eigenvalue weighted by Crippen LogP contribution is -2.42. The Morgan fingerprint density at radius 1 is 1.25 bits per heavy atom. The topological polar surface area (TPSA) is 65.2 Å². The van der Waals surface area contributed by atoms with Gasteiger partial charge in [0.15, 0.2) is 0 Å². The van der Waals surface area contributed by atoms with Crippen LogP contribution in [0.3, 0.4) is 0 Å². The average molecular weight is 396 g/mol. The maximum absolute atomic E-state index is 12.8. The van der Waals surface area contributed by atoms with E-state index in [0.29, 0.717) is 6.54 Å². The fourth-order valence-electron chi connectivity index (χ4n) is 3.83. The van der Waals surface area contributed by atoms with Gasteiger partial charge in [0.05, 0.1) is 6.04 Å². The number of carbonyl (C=O) groups excluding carboxylic acids is 1. The Balaban J connectivity index is 1.51. The highest BCUT2D eigenvalue weighted by atomic mass is 32.1. The highest BCUT2D eigenvalue weighted by Crippen LogP contribution is 2.29. The van der Waals surface area contributed by atoms with Crippen LogP contribution >= 0.6 is 11.3 Å². The molecule has 1 atom stereocenters. The first-order valence-corrected chi connectivity index (χ1v) is 10.7. The molecule has 4 rings (SSSR count). The van der Waals surface area contributed by atoms with Gasteiger partial charge in [-0.15, -0.1) is 11.3 Å². The highest BCUT2D eigenvalue weighted by Gasteiger charge is 2.26. The second-order valence-electron chi connectivity index (χ2n) is 7.56. The molecule has 2 N–H and O–H groups in total. The largest absolute Gasteiger partial charge is 0.350 e. The second kappa shape index (κ2) is 8.29. The molecule has 0 aliphatic carbocycles. The molecular formula is C22H25N3O2S. The monoisotopic (exact) mass is 395 g/mol. The number of nitrogens with zero attached hydrogens (tertiary/aromatic N) is 1. The van der Waals surface area contributed by atoms with Crippen LogP contribution < -0.4 is 10.9 Å². The Morgan fingerprint density at radius 2 is 2.04 bits per heavy atom. The Morgan fingerprint density at radius 3 is 2.79 bits per heavy atom. The van der Waals surface area contributed by atoms with Crippen LogP contribution in [0.2, 0.25) is 0 Å². The minimum atomic E-state index is -0.351. The van der Waals surface area contributed by atoms with Crippen molar-refractivity contribution in [1.29, 1.82) is 0 Å². The lowest BCUT2D eigenvalue weighted by atomic mass is 9.97. The van der Waals surface area contributed by atoms with E-state index in [1.54, 1.807) is 17.4 Å². The number of amides is 1. The summed E-state index contributed by atoms with van der Waals surface area (Å²) in [7, 11) is 0. The van der Waals surface area contributed by atoms with Crippen LogP contribution in [-0.4, -0.2) is 35.4 Å². The van der Waals surface area contributed by atoms with Gasteiger partial charge in [-0.05, 0) is 60.8 Å². The van der Waals surface area contributed by atoms with Gasteiger partial charge in [-0.2, -0.15) is 0 Å². The van der Waals surface area contributed by atoms with Crippen molar-refractivity contribution in [3.8, 4) is 0 Å². The number of carbonyl (C=O) groups is 1. The third-order valence-electron chi connectivity index (χ3n) is 5.58. The minimum Gasteiger partial charge on any atom is -0.350 e. The van der Waals surface area contributed by atoms with Crippen molar-refractivity contribution in [1.82, 2.24) is 15.2 Å². The molecule has 0 spiro atoms. The number of benzene rings is 1. The third kappa shape index (κ3) is 4.03. The van der Waals surface area contributed by atoms with Crippen LogP contribution in [-0.2, 0) is 0 Å². The van der Waals surface area contributed by atoms with E-state index in [-0.39, 0.29) is 23.1 Å². The summed E-state index contributed by atoms with van der Waals surface area (Å²) in [5.41, 5.74) is 0.550. The summed E-state index contributed by atoms with van der Waals surface area (Å²) in [6.45, 7) is 4.87. The Kier molecular flexibility index (Phi) is 5.59. The molecule has 6 heteroatoms. The number of H-pyrrole nitrogens is 1. The number of nitrogens with one attached hydrogen (secondary N) is 2. The first-order valence-electron chi connectivity index (χ1n) is 9.79. The van der Waals surface area contributed by atoms with Gasteiger partial charge in [-0.25, -0.2) is 0 Å². The molecular weight excluding hydrogens is 370 g/mol. The molecule has 146 valence electrons. The molecule has 28 heavy (non-hydrogen) atoms. The zero-order valence-corrected chi connectivity index (χ0v) is 16.8. The van der Waals surface area contributed by atoms with Crippen molar-refractivity contribution in [3.63, 3.8) is 0 Å². The van der Waals surface area contributed by atoms with E-state index in [9.17, 15) is 9.59 Å². The predicted octanol–water partition coefficient (Wildman–Crippen LogP) is 3.79. The molecule has 1 aromatic carbocycles. The summed E-state index contributed by atoms with van der Waals surface area (Å²) in [5.74, 6) is 0.435. The number of fused-ring (bicyclic) bond motifs is 1. The molecule has 0 bridgehead atoms. The summed E-state index contributed by atoms with van der Waals surface area (Å²) in [6, 6.07) is 13.5. The van der Waals surface area contributed by atoms with Crippen LogP contribution in [0.5, 0.6) is 0 Å². The van der Waals surface area contributed by atoms with Crippen molar-refractivity contribution < 1.29 is 4.79 Å². The van der Waals surface area contributed by atoms with Crippen LogP contribution in [0, 0.1) is 5.92 Å².